The first-order chi connectivity index (χ1) is 12.9. The van der Waals surface area contributed by atoms with Gasteiger partial charge in [-0.2, -0.15) is 0 Å². The molecule has 4 bridgehead atoms. The number of nitrogens with one attached hydrogen (secondary N) is 3. The van der Waals surface area contributed by atoms with Gasteiger partial charge in [0.25, 0.3) is 11.8 Å². The molecule has 3 N–H and O–H groups in total. The van der Waals surface area contributed by atoms with Crippen LogP contribution in [0, 0.1) is 24.7 Å². The Kier molecular flexibility index (Phi) is 4.97. The van der Waals surface area contributed by atoms with E-state index >= 15 is 0 Å². The zero-order valence-electron chi connectivity index (χ0n) is 16.5. The Bertz CT molecular complexity index is 677. The van der Waals surface area contributed by atoms with Gasteiger partial charge in [-0.15, -0.1) is 0 Å². The molecule has 0 saturated heterocycles. The number of hydrogen-bond acceptors (Lipinski definition) is 2. The molecule has 0 aliphatic heterocycles. The van der Waals surface area contributed by atoms with Gasteiger partial charge in [-0.25, -0.2) is 0 Å². The molecule has 5 nitrogen and oxygen atoms in total. The fourth-order valence-electron chi connectivity index (χ4n) is 6.06. The molecule has 1 unspecified atom stereocenters. The molecule has 1 aromatic carbocycles. The number of hydrogen-bond donors (Lipinski definition) is 3. The number of quaternary nitrogens is 1. The second-order valence-corrected chi connectivity index (χ2v) is 9.47. The topological polar surface area (TPSA) is 62.6 Å². The van der Waals surface area contributed by atoms with Crippen LogP contribution < -0.4 is 15.5 Å². The van der Waals surface area contributed by atoms with E-state index in [2.05, 4.69) is 10.6 Å². The fraction of sp³-hybridized carbons (Fsp3) is 0.636. The molecule has 146 valence electrons. The average Bonchev–Trinajstić information content (AvgIpc) is 2.54. The second-order valence-electron chi connectivity index (χ2n) is 9.47. The summed E-state index contributed by atoms with van der Waals surface area (Å²) >= 11 is 0. The van der Waals surface area contributed by atoms with Crippen LogP contribution in [0.1, 0.15) is 44.1 Å². The van der Waals surface area contributed by atoms with Crippen molar-refractivity contribution in [2.24, 2.45) is 17.8 Å². The molecule has 27 heavy (non-hydrogen) atoms. The molecule has 5 rings (SSSR count). The van der Waals surface area contributed by atoms with Crippen molar-refractivity contribution in [3.63, 3.8) is 0 Å². The predicted molar refractivity (Wildman–Crippen MR) is 105 cm³/mol. The summed E-state index contributed by atoms with van der Waals surface area (Å²) in [6.45, 7) is 2.66. The number of likely N-dealkylation sites (N-methyl/N-ethyl adjacent to an activating group) is 1. The number of carbonyl (C=O) groups is 2. The van der Waals surface area contributed by atoms with Crippen molar-refractivity contribution in [1.29, 1.82) is 0 Å². The van der Waals surface area contributed by atoms with Gasteiger partial charge < -0.3 is 15.5 Å². The Morgan fingerprint density at radius 1 is 0.963 bits per heavy atom. The van der Waals surface area contributed by atoms with Crippen molar-refractivity contribution in [2.45, 2.75) is 51.0 Å². The molecule has 0 radical (unpaired) electrons. The third-order valence-corrected chi connectivity index (χ3v) is 6.70. The minimum absolute atomic E-state index is 0.0519. The van der Waals surface area contributed by atoms with Crippen molar-refractivity contribution in [1.82, 2.24) is 5.32 Å². The van der Waals surface area contributed by atoms with Gasteiger partial charge in [-0.3, -0.25) is 9.59 Å². The number of aryl methyl sites for hydroxylation is 1. The first kappa shape index (κ1) is 18.5. The summed E-state index contributed by atoms with van der Waals surface area (Å²) in [7, 11) is 1.91. The van der Waals surface area contributed by atoms with Gasteiger partial charge in [0.2, 0.25) is 0 Å². The number of amides is 2. The minimum atomic E-state index is -0.0565. The molecular weight excluding hydrogens is 338 g/mol. The SMILES string of the molecule is Cc1ccc(NC(=O)C[NH+](C)CC(=O)NC23CC4CC(CC(C4)C2)C3)cc1. The van der Waals surface area contributed by atoms with E-state index in [1.54, 1.807) is 0 Å². The lowest BCUT2D eigenvalue weighted by atomic mass is 9.53. The van der Waals surface area contributed by atoms with Crippen LogP contribution in [-0.4, -0.2) is 37.5 Å². The summed E-state index contributed by atoms with van der Waals surface area (Å²) in [5.41, 5.74) is 2.02. The molecule has 0 spiro atoms. The number of rotatable bonds is 6. The van der Waals surface area contributed by atoms with Crippen LogP contribution in [-0.2, 0) is 9.59 Å². The quantitative estimate of drug-likeness (QED) is 0.711. The van der Waals surface area contributed by atoms with Gasteiger partial charge in [0.15, 0.2) is 13.1 Å². The van der Waals surface area contributed by atoms with Crippen LogP contribution >= 0.6 is 0 Å². The Hall–Kier alpha value is -1.88. The summed E-state index contributed by atoms with van der Waals surface area (Å²) in [6.07, 6.45) is 7.62. The molecule has 0 aromatic heterocycles. The normalized spacial score (nSPS) is 32.1. The van der Waals surface area contributed by atoms with E-state index in [1.165, 1.54) is 38.5 Å². The lowest BCUT2D eigenvalue weighted by Crippen LogP contribution is -3.11. The van der Waals surface area contributed by atoms with Crippen molar-refractivity contribution < 1.29 is 14.5 Å². The predicted octanol–water partition coefficient (Wildman–Crippen LogP) is 1.53. The zero-order chi connectivity index (χ0) is 19.0. The van der Waals surface area contributed by atoms with Crippen LogP contribution in [0.4, 0.5) is 5.69 Å². The maximum Gasteiger partial charge on any atom is 0.279 e. The summed E-state index contributed by atoms with van der Waals surface area (Å²) in [5.74, 6) is 2.50. The van der Waals surface area contributed by atoms with E-state index < -0.39 is 0 Å². The van der Waals surface area contributed by atoms with Crippen LogP contribution in [0.25, 0.3) is 0 Å². The van der Waals surface area contributed by atoms with Crippen LogP contribution in [0.3, 0.4) is 0 Å². The highest BCUT2D eigenvalue weighted by atomic mass is 16.2. The van der Waals surface area contributed by atoms with Crippen LogP contribution in [0.15, 0.2) is 24.3 Å². The van der Waals surface area contributed by atoms with Crippen molar-refractivity contribution >= 4 is 17.5 Å². The summed E-state index contributed by atoms with van der Waals surface area (Å²) < 4.78 is 0. The second kappa shape index (κ2) is 7.27. The first-order valence-electron chi connectivity index (χ1n) is 10.4. The van der Waals surface area contributed by atoms with E-state index in [0.717, 1.165) is 33.9 Å². The van der Waals surface area contributed by atoms with Gasteiger partial charge in [-0.05, 0) is 75.3 Å². The lowest BCUT2D eigenvalue weighted by molar-refractivity contribution is -0.862. The zero-order valence-corrected chi connectivity index (χ0v) is 16.5. The molecule has 4 saturated carbocycles. The molecule has 1 atom stereocenters. The summed E-state index contributed by atoms with van der Waals surface area (Å²) in [4.78, 5) is 25.8. The van der Waals surface area contributed by atoms with E-state index in [1.807, 2.05) is 38.2 Å². The molecule has 4 fully saturated rings. The number of carbonyl (C=O) groups excluding carboxylic acids is 2. The average molecular weight is 371 g/mol. The summed E-state index contributed by atoms with van der Waals surface area (Å²) in [5, 5.41) is 6.30. The molecule has 4 aliphatic rings. The Labute approximate surface area is 161 Å². The van der Waals surface area contributed by atoms with E-state index in [-0.39, 0.29) is 17.4 Å². The number of anilines is 1. The minimum Gasteiger partial charge on any atom is -0.346 e. The van der Waals surface area contributed by atoms with Crippen molar-refractivity contribution in [3.05, 3.63) is 29.8 Å². The molecule has 0 heterocycles. The molecular formula is C22H32N3O2+. The van der Waals surface area contributed by atoms with E-state index in [9.17, 15) is 9.59 Å². The highest BCUT2D eigenvalue weighted by molar-refractivity contribution is 5.91. The van der Waals surface area contributed by atoms with Crippen LogP contribution in [0.5, 0.6) is 0 Å². The summed E-state index contributed by atoms with van der Waals surface area (Å²) in [6, 6.07) is 7.76. The van der Waals surface area contributed by atoms with Crippen LogP contribution in [0.2, 0.25) is 0 Å². The van der Waals surface area contributed by atoms with Gasteiger partial charge in [0.1, 0.15) is 0 Å². The van der Waals surface area contributed by atoms with Gasteiger partial charge in [-0.1, -0.05) is 17.7 Å². The third kappa shape index (κ3) is 4.34. The maximum atomic E-state index is 12.7. The fourth-order valence-corrected chi connectivity index (χ4v) is 6.06. The molecule has 1 aromatic rings. The van der Waals surface area contributed by atoms with Gasteiger partial charge in [0.05, 0.1) is 7.05 Å². The first-order valence-corrected chi connectivity index (χ1v) is 10.4. The van der Waals surface area contributed by atoms with E-state index in [4.69, 9.17) is 0 Å². The Balaban J connectivity index is 1.25. The maximum absolute atomic E-state index is 12.7. The van der Waals surface area contributed by atoms with Crippen molar-refractivity contribution in [3.8, 4) is 0 Å². The number of benzene rings is 1. The van der Waals surface area contributed by atoms with Gasteiger partial charge in [0, 0.05) is 11.2 Å². The lowest BCUT2D eigenvalue weighted by Gasteiger charge is -2.56. The highest BCUT2D eigenvalue weighted by Crippen LogP contribution is 2.55. The largest absolute Gasteiger partial charge is 0.346 e. The van der Waals surface area contributed by atoms with E-state index in [0.29, 0.717) is 13.1 Å². The highest BCUT2D eigenvalue weighted by Gasteiger charge is 2.51. The van der Waals surface area contributed by atoms with Gasteiger partial charge >= 0.3 is 0 Å². The Morgan fingerprint density at radius 2 is 1.48 bits per heavy atom. The molecule has 5 heteroatoms. The molecule has 2 amide bonds. The molecule has 4 aliphatic carbocycles. The smallest absolute Gasteiger partial charge is 0.279 e. The Morgan fingerprint density at radius 3 is 2.04 bits per heavy atom. The standard InChI is InChI=1S/C22H31N3O2/c1-15-3-5-19(6-4-15)23-20(26)13-25(2)14-21(27)24-22-10-16-7-17(11-22)9-18(8-16)12-22/h3-6,16-18H,7-14H2,1-2H3,(H,23,26)(H,24,27)/p+1. The monoisotopic (exact) mass is 370 g/mol. The van der Waals surface area contributed by atoms with Crippen molar-refractivity contribution in [2.75, 3.05) is 25.5 Å². The third-order valence-electron chi connectivity index (χ3n) is 6.70.